The fraction of sp³-hybridized carbons (Fsp3) is 0.263. The van der Waals surface area contributed by atoms with Crippen molar-refractivity contribution >= 4 is 11.9 Å². The summed E-state index contributed by atoms with van der Waals surface area (Å²) in [5.41, 5.74) is 6.98. The van der Waals surface area contributed by atoms with Gasteiger partial charge in [-0.1, -0.05) is 30.3 Å². The van der Waals surface area contributed by atoms with Gasteiger partial charge in [-0.3, -0.25) is 10.2 Å². The molecule has 1 fully saturated rings. The Morgan fingerprint density at radius 2 is 1.85 bits per heavy atom. The van der Waals surface area contributed by atoms with Crippen molar-refractivity contribution in [2.45, 2.75) is 13.0 Å². The second-order valence-corrected chi connectivity index (χ2v) is 6.06. The molecule has 0 unspecified atom stereocenters. The highest BCUT2D eigenvalue weighted by Crippen LogP contribution is 2.22. The second-order valence-electron chi connectivity index (χ2n) is 6.06. The van der Waals surface area contributed by atoms with Crippen LogP contribution in [0.25, 0.3) is 0 Å². The Morgan fingerprint density at radius 1 is 1.12 bits per heavy atom. The van der Waals surface area contributed by atoms with E-state index >= 15 is 0 Å². The molecule has 0 spiro atoms. The summed E-state index contributed by atoms with van der Waals surface area (Å²) in [6, 6.07) is 12.7. The predicted octanol–water partition coefficient (Wildman–Crippen LogP) is 2.56. The van der Waals surface area contributed by atoms with E-state index in [1.54, 1.807) is 29.2 Å². The zero-order chi connectivity index (χ0) is 18.5. The van der Waals surface area contributed by atoms with Crippen LogP contribution in [0.3, 0.4) is 0 Å². The molecule has 6 nitrogen and oxygen atoms in total. The van der Waals surface area contributed by atoms with E-state index in [2.05, 4.69) is 10.9 Å². The van der Waals surface area contributed by atoms with Gasteiger partial charge in [0, 0.05) is 12.1 Å². The average molecular weight is 357 g/mol. The molecule has 26 heavy (non-hydrogen) atoms. The number of nitrogens with zero attached hydrogens (tertiary/aromatic N) is 1. The Labute approximate surface area is 150 Å². The lowest BCUT2D eigenvalue weighted by atomic mass is 10.1. The highest BCUT2D eigenvalue weighted by Gasteiger charge is 2.25. The van der Waals surface area contributed by atoms with Crippen molar-refractivity contribution in [3.8, 4) is 0 Å². The quantitative estimate of drug-likeness (QED) is 0.812. The first kappa shape index (κ1) is 17.9. The van der Waals surface area contributed by atoms with Gasteiger partial charge in [0.15, 0.2) is 0 Å². The van der Waals surface area contributed by atoms with Crippen LogP contribution in [0.2, 0.25) is 0 Å². The first-order valence-electron chi connectivity index (χ1n) is 8.32. The molecule has 3 amide bonds. The van der Waals surface area contributed by atoms with Crippen molar-refractivity contribution in [1.29, 1.82) is 0 Å². The highest BCUT2D eigenvalue weighted by atomic mass is 19.1. The topological polar surface area (TPSA) is 70.7 Å². The van der Waals surface area contributed by atoms with Crippen LogP contribution in [0, 0.1) is 12.7 Å². The third-order valence-electron chi connectivity index (χ3n) is 4.27. The van der Waals surface area contributed by atoms with E-state index in [0.29, 0.717) is 25.3 Å². The minimum Gasteiger partial charge on any atom is -0.370 e. The summed E-state index contributed by atoms with van der Waals surface area (Å²) >= 11 is 0. The van der Waals surface area contributed by atoms with Crippen molar-refractivity contribution < 1.29 is 18.7 Å². The Balaban J connectivity index is 1.57. The number of amides is 3. The molecule has 0 aromatic heterocycles. The van der Waals surface area contributed by atoms with Crippen LogP contribution in [-0.2, 0) is 4.74 Å². The highest BCUT2D eigenvalue weighted by molar-refractivity contribution is 5.96. The fourth-order valence-corrected chi connectivity index (χ4v) is 2.80. The minimum absolute atomic E-state index is 0.317. The van der Waals surface area contributed by atoms with Crippen molar-refractivity contribution in [1.82, 2.24) is 15.8 Å². The average Bonchev–Trinajstić information content (AvgIpc) is 2.67. The van der Waals surface area contributed by atoms with E-state index in [9.17, 15) is 14.0 Å². The number of hydrogen-bond donors (Lipinski definition) is 2. The van der Waals surface area contributed by atoms with Gasteiger partial charge in [-0.15, -0.1) is 0 Å². The van der Waals surface area contributed by atoms with Crippen molar-refractivity contribution in [2.24, 2.45) is 0 Å². The molecule has 0 aliphatic carbocycles. The lowest BCUT2D eigenvalue weighted by Gasteiger charge is -2.33. The number of aryl methyl sites for hydroxylation is 1. The summed E-state index contributed by atoms with van der Waals surface area (Å²) in [6.45, 7) is 2.91. The lowest BCUT2D eigenvalue weighted by Crippen LogP contribution is -2.52. The van der Waals surface area contributed by atoms with E-state index < -0.39 is 6.03 Å². The van der Waals surface area contributed by atoms with E-state index in [-0.39, 0.29) is 17.8 Å². The molecule has 1 heterocycles. The molecule has 1 atom stereocenters. The number of benzene rings is 2. The van der Waals surface area contributed by atoms with Crippen LogP contribution in [0.4, 0.5) is 9.18 Å². The summed E-state index contributed by atoms with van der Waals surface area (Å²) in [4.78, 5) is 26.1. The molecule has 0 radical (unpaired) electrons. The van der Waals surface area contributed by atoms with E-state index in [1.165, 1.54) is 12.1 Å². The zero-order valence-electron chi connectivity index (χ0n) is 14.4. The largest absolute Gasteiger partial charge is 0.370 e. The van der Waals surface area contributed by atoms with Crippen LogP contribution in [0.15, 0.2) is 48.5 Å². The fourth-order valence-electron chi connectivity index (χ4n) is 2.80. The normalized spacial score (nSPS) is 16.8. The van der Waals surface area contributed by atoms with Gasteiger partial charge in [-0.05, 0) is 36.2 Å². The second kappa shape index (κ2) is 7.97. The standard InChI is InChI=1S/C19H20FN3O3/c1-13-4-2-3-5-16(13)18(24)21-22-19(25)23-10-11-26-17(12-23)14-6-8-15(20)9-7-14/h2-9,17H,10-12H2,1H3,(H,21,24)(H,22,25)/t17-/m0/s1. The third kappa shape index (κ3) is 4.18. The number of halogens is 1. The van der Waals surface area contributed by atoms with Gasteiger partial charge in [-0.25, -0.2) is 14.6 Å². The smallest absolute Gasteiger partial charge is 0.336 e. The zero-order valence-corrected chi connectivity index (χ0v) is 14.4. The van der Waals surface area contributed by atoms with E-state index in [4.69, 9.17) is 4.74 Å². The number of carbonyl (C=O) groups excluding carboxylic acids is 2. The maximum Gasteiger partial charge on any atom is 0.336 e. The molecule has 7 heteroatoms. The van der Waals surface area contributed by atoms with Gasteiger partial charge in [0.1, 0.15) is 11.9 Å². The van der Waals surface area contributed by atoms with Crippen LogP contribution in [0.5, 0.6) is 0 Å². The molecule has 1 aliphatic heterocycles. The van der Waals surface area contributed by atoms with Gasteiger partial charge < -0.3 is 9.64 Å². The molecule has 2 aromatic carbocycles. The van der Waals surface area contributed by atoms with E-state index in [0.717, 1.165) is 11.1 Å². The minimum atomic E-state index is -0.414. The summed E-state index contributed by atoms with van der Waals surface area (Å²) in [5.74, 6) is -0.696. The molecule has 2 aromatic rings. The Hall–Kier alpha value is -2.93. The SMILES string of the molecule is Cc1ccccc1C(=O)NNC(=O)N1CCO[C@H](c2ccc(F)cc2)C1. The summed E-state index contributed by atoms with van der Waals surface area (Å²) in [5, 5.41) is 0. The van der Waals surface area contributed by atoms with Crippen molar-refractivity contribution in [3.05, 3.63) is 71.0 Å². The number of rotatable bonds is 2. The Kier molecular flexibility index (Phi) is 5.48. The van der Waals surface area contributed by atoms with Crippen molar-refractivity contribution in [3.63, 3.8) is 0 Å². The van der Waals surface area contributed by atoms with Gasteiger partial charge in [-0.2, -0.15) is 0 Å². The molecule has 0 saturated carbocycles. The van der Waals surface area contributed by atoms with Crippen LogP contribution < -0.4 is 10.9 Å². The molecule has 0 bridgehead atoms. The van der Waals surface area contributed by atoms with Crippen LogP contribution in [0.1, 0.15) is 27.6 Å². The number of hydrogen-bond acceptors (Lipinski definition) is 3. The van der Waals surface area contributed by atoms with E-state index in [1.807, 2.05) is 19.1 Å². The summed E-state index contributed by atoms with van der Waals surface area (Å²) in [6.07, 6.45) is -0.331. The molecule has 136 valence electrons. The number of nitrogens with one attached hydrogen (secondary N) is 2. The number of morpholine rings is 1. The van der Waals surface area contributed by atoms with Crippen LogP contribution in [-0.4, -0.2) is 36.5 Å². The molecule has 2 N–H and O–H groups in total. The Bertz CT molecular complexity index is 795. The first-order valence-corrected chi connectivity index (χ1v) is 8.32. The Morgan fingerprint density at radius 3 is 2.58 bits per heavy atom. The van der Waals surface area contributed by atoms with Crippen LogP contribution >= 0.6 is 0 Å². The summed E-state index contributed by atoms with van der Waals surface area (Å²) < 4.78 is 18.7. The number of urea groups is 1. The van der Waals surface area contributed by atoms with Gasteiger partial charge in [0.05, 0.1) is 13.2 Å². The predicted molar refractivity (Wildman–Crippen MR) is 93.8 cm³/mol. The number of hydrazine groups is 1. The summed E-state index contributed by atoms with van der Waals surface area (Å²) in [7, 11) is 0. The van der Waals surface area contributed by atoms with Crippen molar-refractivity contribution in [2.75, 3.05) is 19.7 Å². The molecular weight excluding hydrogens is 337 g/mol. The maximum absolute atomic E-state index is 13.0. The lowest BCUT2D eigenvalue weighted by molar-refractivity contribution is -0.0158. The van der Waals surface area contributed by atoms with Gasteiger partial charge in [0.25, 0.3) is 5.91 Å². The van der Waals surface area contributed by atoms with Gasteiger partial charge >= 0.3 is 6.03 Å². The van der Waals surface area contributed by atoms with Gasteiger partial charge in [0.2, 0.25) is 0 Å². The number of carbonyl (C=O) groups is 2. The third-order valence-corrected chi connectivity index (χ3v) is 4.27. The molecule has 1 aliphatic rings. The number of ether oxygens (including phenoxy) is 1. The monoisotopic (exact) mass is 357 g/mol. The molecule has 3 rings (SSSR count). The maximum atomic E-state index is 13.0. The molecule has 1 saturated heterocycles. The molecular formula is C19H20FN3O3. The first-order chi connectivity index (χ1) is 12.5.